The largest absolute Gasteiger partial charge is 0.480 e. The molecule has 0 bridgehead atoms. The van der Waals surface area contributed by atoms with Gasteiger partial charge in [-0.05, 0) is 29.8 Å². The van der Waals surface area contributed by atoms with Gasteiger partial charge in [0.15, 0.2) is 0 Å². The van der Waals surface area contributed by atoms with Crippen LogP contribution in [0.25, 0.3) is 16.6 Å². The smallest absolute Gasteiger partial charge is 0.267 e. The molecule has 7 heteroatoms. The first-order chi connectivity index (χ1) is 13.1. The van der Waals surface area contributed by atoms with E-state index in [-0.39, 0.29) is 17.4 Å². The molecule has 0 aliphatic carbocycles. The van der Waals surface area contributed by atoms with Crippen molar-refractivity contribution < 1.29 is 4.74 Å². The molecule has 1 atom stereocenters. The first-order valence-corrected chi connectivity index (χ1v) is 8.62. The molecule has 3 N–H and O–H groups in total. The Morgan fingerprint density at radius 2 is 2.00 bits per heavy atom. The van der Waals surface area contributed by atoms with Gasteiger partial charge in [0.25, 0.3) is 5.56 Å². The number of fused-ring (bicyclic) bond motifs is 1. The molecule has 1 aliphatic heterocycles. The van der Waals surface area contributed by atoms with E-state index < -0.39 is 0 Å². The van der Waals surface area contributed by atoms with Gasteiger partial charge in [-0.15, -0.1) is 0 Å². The number of anilines is 1. The van der Waals surface area contributed by atoms with Crippen molar-refractivity contribution in [2.24, 2.45) is 4.99 Å². The van der Waals surface area contributed by atoms with Crippen LogP contribution in [0.4, 0.5) is 5.95 Å². The summed E-state index contributed by atoms with van der Waals surface area (Å²) in [6.45, 7) is 0.520. The summed E-state index contributed by atoms with van der Waals surface area (Å²) in [7, 11) is 1.52. The summed E-state index contributed by atoms with van der Waals surface area (Å²) >= 11 is 0. The number of ether oxygens (including phenoxy) is 1. The molecule has 0 amide bonds. The van der Waals surface area contributed by atoms with Crippen LogP contribution in [0, 0.1) is 5.41 Å². The van der Waals surface area contributed by atoms with Gasteiger partial charge in [-0.1, -0.05) is 24.3 Å². The van der Waals surface area contributed by atoms with Gasteiger partial charge < -0.3 is 10.5 Å². The summed E-state index contributed by atoms with van der Waals surface area (Å²) < 4.78 is 6.52. The number of benzene rings is 2. The van der Waals surface area contributed by atoms with Crippen LogP contribution in [0.5, 0.6) is 0 Å². The predicted molar refractivity (Wildman–Crippen MR) is 106 cm³/mol. The second-order valence-corrected chi connectivity index (χ2v) is 6.45. The second kappa shape index (κ2) is 6.68. The maximum absolute atomic E-state index is 13.1. The summed E-state index contributed by atoms with van der Waals surface area (Å²) in [5.41, 5.74) is 8.38. The lowest BCUT2D eigenvalue weighted by atomic mass is 9.90. The number of nitrogen functional groups attached to an aromatic ring is 1. The van der Waals surface area contributed by atoms with Crippen molar-refractivity contribution in [3.8, 4) is 5.69 Å². The summed E-state index contributed by atoms with van der Waals surface area (Å²) in [4.78, 5) is 21.8. The normalized spacial score (nSPS) is 17.0. The average molecular weight is 361 g/mol. The van der Waals surface area contributed by atoms with Crippen LogP contribution in [0.15, 0.2) is 58.3 Å². The van der Waals surface area contributed by atoms with Crippen molar-refractivity contribution in [2.45, 2.75) is 12.3 Å². The Kier molecular flexibility index (Phi) is 4.19. The number of nitrogens with zero attached hydrogens (tertiary/aromatic N) is 3. The minimum atomic E-state index is -0.211. The Hall–Kier alpha value is -3.48. The molecule has 0 radical (unpaired) electrons. The van der Waals surface area contributed by atoms with E-state index in [9.17, 15) is 4.79 Å². The maximum Gasteiger partial charge on any atom is 0.267 e. The quantitative estimate of drug-likeness (QED) is 0.731. The third kappa shape index (κ3) is 2.97. The third-order valence-corrected chi connectivity index (χ3v) is 4.76. The number of methoxy groups -OCH3 is 1. The Morgan fingerprint density at radius 1 is 1.22 bits per heavy atom. The molecule has 27 heavy (non-hydrogen) atoms. The standard InChI is InChI=1S/C20H19N5O2/c1-27-18-16(21)10-13(11-23-18)12-7-8-17-15(9-12)19(26)25(20(22)24-17)14-5-3-2-4-6-14/h2-9,13,21H,10-11H2,1H3,(H2,22,24). The maximum atomic E-state index is 13.1. The molecule has 0 saturated heterocycles. The van der Waals surface area contributed by atoms with Crippen LogP contribution in [-0.2, 0) is 4.74 Å². The molecule has 1 aromatic heterocycles. The van der Waals surface area contributed by atoms with Gasteiger partial charge in [-0.25, -0.2) is 14.5 Å². The van der Waals surface area contributed by atoms with E-state index in [0.29, 0.717) is 41.2 Å². The zero-order valence-electron chi connectivity index (χ0n) is 14.8. The first-order valence-electron chi connectivity index (χ1n) is 8.62. The topological polar surface area (TPSA) is 106 Å². The number of hydrogen-bond donors (Lipinski definition) is 2. The van der Waals surface area contributed by atoms with Gasteiger partial charge in [0.1, 0.15) is 0 Å². The van der Waals surface area contributed by atoms with Gasteiger partial charge in [-0.3, -0.25) is 10.2 Å². The average Bonchev–Trinajstić information content (AvgIpc) is 2.68. The van der Waals surface area contributed by atoms with Crippen molar-refractivity contribution in [2.75, 3.05) is 19.4 Å². The molecule has 1 unspecified atom stereocenters. The van der Waals surface area contributed by atoms with Gasteiger partial charge in [0.2, 0.25) is 11.8 Å². The van der Waals surface area contributed by atoms with Gasteiger partial charge in [-0.2, -0.15) is 0 Å². The molecule has 7 nitrogen and oxygen atoms in total. The molecule has 0 spiro atoms. The predicted octanol–water partition coefficient (Wildman–Crippen LogP) is 2.52. The van der Waals surface area contributed by atoms with E-state index in [1.807, 2.05) is 42.5 Å². The molecule has 0 saturated carbocycles. The van der Waals surface area contributed by atoms with Crippen molar-refractivity contribution in [3.05, 3.63) is 64.4 Å². The number of hydrogen-bond acceptors (Lipinski definition) is 6. The molecule has 4 rings (SSSR count). The Labute approximate surface area is 155 Å². The third-order valence-electron chi connectivity index (χ3n) is 4.76. The van der Waals surface area contributed by atoms with Crippen LogP contribution >= 0.6 is 0 Å². The number of nitrogens with two attached hydrogens (primary N) is 1. The fourth-order valence-corrected chi connectivity index (χ4v) is 3.40. The van der Waals surface area contributed by atoms with Gasteiger partial charge in [0, 0.05) is 12.3 Å². The molecule has 3 aromatic rings. The van der Waals surface area contributed by atoms with Crippen molar-refractivity contribution in [1.82, 2.24) is 9.55 Å². The van der Waals surface area contributed by atoms with E-state index in [1.54, 1.807) is 6.07 Å². The van der Waals surface area contributed by atoms with Crippen LogP contribution in [0.1, 0.15) is 17.9 Å². The Morgan fingerprint density at radius 3 is 2.70 bits per heavy atom. The fraction of sp³-hybridized carbons (Fsp3) is 0.200. The van der Waals surface area contributed by atoms with Gasteiger partial charge >= 0.3 is 0 Å². The highest BCUT2D eigenvalue weighted by Gasteiger charge is 2.23. The molecule has 136 valence electrons. The van der Waals surface area contributed by atoms with Crippen LogP contribution in [0.3, 0.4) is 0 Å². The highest BCUT2D eigenvalue weighted by molar-refractivity contribution is 6.38. The number of aromatic nitrogens is 2. The van der Waals surface area contributed by atoms with Crippen molar-refractivity contribution in [1.29, 1.82) is 5.41 Å². The SMILES string of the molecule is COC1=NCC(c2ccc3nc(N)n(-c4ccccc4)c(=O)c3c2)CC1=N. The highest BCUT2D eigenvalue weighted by Crippen LogP contribution is 2.26. The lowest BCUT2D eigenvalue weighted by Gasteiger charge is -2.21. The monoisotopic (exact) mass is 361 g/mol. The van der Waals surface area contributed by atoms with E-state index in [2.05, 4.69) is 9.98 Å². The Bertz CT molecular complexity index is 1120. The number of para-hydroxylation sites is 1. The Balaban J connectivity index is 1.82. The van der Waals surface area contributed by atoms with E-state index in [4.69, 9.17) is 15.9 Å². The van der Waals surface area contributed by atoms with E-state index in [1.165, 1.54) is 11.7 Å². The van der Waals surface area contributed by atoms with Crippen molar-refractivity contribution >= 4 is 28.5 Å². The first kappa shape index (κ1) is 17.0. The lowest BCUT2D eigenvalue weighted by Crippen LogP contribution is -2.26. The van der Waals surface area contributed by atoms with Crippen LogP contribution in [0.2, 0.25) is 0 Å². The zero-order chi connectivity index (χ0) is 19.0. The number of aliphatic imine (C=N–C) groups is 1. The summed E-state index contributed by atoms with van der Waals surface area (Å²) in [5, 5.41) is 8.55. The summed E-state index contributed by atoms with van der Waals surface area (Å²) in [5.74, 6) is 0.566. The second-order valence-electron chi connectivity index (χ2n) is 6.45. The van der Waals surface area contributed by atoms with Gasteiger partial charge in [0.05, 0.1) is 36.0 Å². The van der Waals surface area contributed by atoms with E-state index in [0.717, 1.165) is 5.56 Å². The molecule has 0 fully saturated rings. The fourth-order valence-electron chi connectivity index (χ4n) is 3.40. The highest BCUT2D eigenvalue weighted by atomic mass is 16.5. The lowest BCUT2D eigenvalue weighted by molar-refractivity contribution is 0.403. The van der Waals surface area contributed by atoms with Crippen LogP contribution in [-0.4, -0.2) is 34.8 Å². The molecule has 1 aliphatic rings. The zero-order valence-corrected chi connectivity index (χ0v) is 14.8. The minimum Gasteiger partial charge on any atom is -0.480 e. The molecular formula is C20H19N5O2. The van der Waals surface area contributed by atoms with Crippen molar-refractivity contribution in [3.63, 3.8) is 0 Å². The molecule has 2 aromatic carbocycles. The number of rotatable bonds is 2. The number of nitrogens with one attached hydrogen (secondary N) is 1. The van der Waals surface area contributed by atoms with E-state index >= 15 is 0 Å². The summed E-state index contributed by atoms with van der Waals surface area (Å²) in [6, 6.07) is 14.8. The minimum absolute atomic E-state index is 0.0305. The summed E-state index contributed by atoms with van der Waals surface area (Å²) in [6.07, 6.45) is 0.521. The molecular weight excluding hydrogens is 342 g/mol. The van der Waals surface area contributed by atoms with Crippen LogP contribution < -0.4 is 11.3 Å². The molecule has 2 heterocycles.